The summed E-state index contributed by atoms with van der Waals surface area (Å²) in [5, 5.41) is 0. The third-order valence-electron chi connectivity index (χ3n) is 1.36. The average molecular weight is 210 g/mol. The standard InChI is InChI=1S/C6H4.H4N2O3S.Na/c1-2-6-4-3-5(1)6;1-2-6(3,4)5;/h1-4H;2H,1H2,(H,3,4,5);/q;;+1/p-1. The third kappa shape index (κ3) is 4.19. The quantitative estimate of drug-likeness (QED) is 0.222. The van der Waals surface area contributed by atoms with Gasteiger partial charge in [0, 0.05) is 0 Å². The molecule has 0 saturated heterocycles. The Morgan fingerprint density at radius 3 is 1.38 bits per heavy atom. The van der Waals surface area contributed by atoms with E-state index in [1.165, 1.54) is 11.1 Å². The smallest absolute Gasteiger partial charge is 0.735 e. The van der Waals surface area contributed by atoms with Gasteiger partial charge in [-0.25, -0.2) is 8.42 Å². The molecule has 0 atom stereocenters. The van der Waals surface area contributed by atoms with E-state index < -0.39 is 10.3 Å². The molecule has 3 N–H and O–H groups in total. The van der Waals surface area contributed by atoms with E-state index in [1.54, 1.807) is 0 Å². The molecule has 0 amide bonds. The Kier molecular flexibility index (Phi) is 5.08. The predicted octanol–water partition coefficient (Wildman–Crippen LogP) is -3.42. The molecule has 13 heavy (non-hydrogen) atoms. The van der Waals surface area contributed by atoms with Crippen LogP contribution in [0.1, 0.15) is 0 Å². The fraction of sp³-hybridized carbons (Fsp3) is 0. The van der Waals surface area contributed by atoms with Gasteiger partial charge in [-0.3, -0.25) is 5.84 Å². The molecule has 2 aliphatic rings. The molecule has 0 unspecified atom stereocenters. The maximum atomic E-state index is 9.21. The molecule has 0 bridgehead atoms. The minimum atomic E-state index is -4.38. The molecule has 0 fully saturated rings. The molecule has 66 valence electrons. The van der Waals surface area contributed by atoms with Crippen molar-refractivity contribution in [3.63, 3.8) is 0 Å². The van der Waals surface area contributed by atoms with Crippen molar-refractivity contribution < 1.29 is 42.5 Å². The van der Waals surface area contributed by atoms with Crippen LogP contribution < -0.4 is 40.2 Å². The topological polar surface area (TPSA) is 95.2 Å². The molecule has 2 aliphatic carbocycles. The minimum absolute atomic E-state index is 0. The SMILES string of the molecule is NNS(=O)(=O)[O-].[Na+].c1cc2ccc1-2. The maximum Gasteiger partial charge on any atom is 1.00 e. The van der Waals surface area contributed by atoms with E-state index in [4.69, 9.17) is 0 Å². The minimum Gasteiger partial charge on any atom is -0.735 e. The van der Waals surface area contributed by atoms with E-state index in [0.717, 1.165) is 4.83 Å². The zero-order valence-electron chi connectivity index (χ0n) is 7.02. The maximum absolute atomic E-state index is 9.21. The Morgan fingerprint density at radius 1 is 1.15 bits per heavy atom. The fourth-order valence-corrected chi connectivity index (χ4v) is 0.663. The van der Waals surface area contributed by atoms with Gasteiger partial charge in [-0.05, 0) is 11.1 Å². The first-order valence-electron chi connectivity index (χ1n) is 3.06. The molecule has 0 heterocycles. The van der Waals surface area contributed by atoms with Crippen molar-refractivity contribution in [3.05, 3.63) is 24.3 Å². The first kappa shape index (κ1) is 13.1. The summed E-state index contributed by atoms with van der Waals surface area (Å²) in [7, 11) is -4.38. The van der Waals surface area contributed by atoms with Crippen LogP contribution in [0.3, 0.4) is 0 Å². The van der Waals surface area contributed by atoms with Crippen LogP contribution in [0.5, 0.6) is 0 Å². The van der Waals surface area contributed by atoms with Gasteiger partial charge in [0.1, 0.15) is 0 Å². The second-order valence-electron chi connectivity index (χ2n) is 2.15. The van der Waals surface area contributed by atoms with Crippen LogP contribution in [0.25, 0.3) is 11.1 Å². The summed E-state index contributed by atoms with van der Waals surface area (Å²) in [6, 6.07) is 8.48. The molecule has 0 radical (unpaired) electrons. The van der Waals surface area contributed by atoms with Gasteiger partial charge in [-0.15, -0.1) is 0 Å². The Hall–Kier alpha value is 0.0500. The van der Waals surface area contributed by atoms with Crippen molar-refractivity contribution in [2.24, 2.45) is 5.84 Å². The van der Waals surface area contributed by atoms with Crippen LogP contribution in [0.2, 0.25) is 0 Å². The van der Waals surface area contributed by atoms with Crippen LogP contribution >= 0.6 is 0 Å². The van der Waals surface area contributed by atoms with E-state index >= 15 is 0 Å². The number of benzene rings is 1. The zero-order chi connectivity index (χ0) is 9.19. The fourth-order valence-electron chi connectivity index (χ4n) is 0.663. The van der Waals surface area contributed by atoms with Gasteiger partial charge in [-0.2, -0.15) is 4.83 Å². The van der Waals surface area contributed by atoms with Gasteiger partial charge in [0.05, 0.1) is 0 Å². The molecular weight excluding hydrogens is 203 g/mol. The molecule has 5 nitrogen and oxygen atoms in total. The van der Waals surface area contributed by atoms with E-state index in [1.807, 2.05) is 0 Å². The summed E-state index contributed by atoms with van der Waals surface area (Å²) < 4.78 is 27.6. The van der Waals surface area contributed by atoms with Crippen molar-refractivity contribution >= 4 is 10.3 Å². The van der Waals surface area contributed by atoms with Crippen molar-refractivity contribution in [1.82, 2.24) is 4.83 Å². The van der Waals surface area contributed by atoms with E-state index in [-0.39, 0.29) is 29.6 Å². The Morgan fingerprint density at radius 2 is 1.38 bits per heavy atom. The Balaban J connectivity index is 0.000000206. The summed E-state index contributed by atoms with van der Waals surface area (Å²) in [5.41, 5.74) is 2.85. The molecule has 0 aromatic heterocycles. The summed E-state index contributed by atoms with van der Waals surface area (Å²) in [6.45, 7) is 0. The first-order valence-corrected chi connectivity index (χ1v) is 4.47. The normalized spacial score (nSPS) is 10.6. The Bertz CT molecular complexity index is 341. The van der Waals surface area contributed by atoms with E-state index in [2.05, 4.69) is 30.1 Å². The molecule has 0 saturated carbocycles. The molecule has 0 spiro atoms. The number of hydrogen-bond donors (Lipinski definition) is 2. The van der Waals surface area contributed by atoms with Gasteiger partial charge >= 0.3 is 29.6 Å². The second-order valence-corrected chi connectivity index (χ2v) is 3.29. The van der Waals surface area contributed by atoms with Crippen LogP contribution in [0.15, 0.2) is 24.3 Å². The van der Waals surface area contributed by atoms with Crippen molar-refractivity contribution in [3.8, 4) is 11.1 Å². The van der Waals surface area contributed by atoms with Gasteiger partial charge in [0.25, 0.3) is 0 Å². The number of hydrazine groups is 1. The number of nitrogens with one attached hydrogen (secondary N) is 1. The van der Waals surface area contributed by atoms with E-state index in [0.29, 0.717) is 0 Å². The van der Waals surface area contributed by atoms with Crippen LogP contribution in [-0.4, -0.2) is 13.0 Å². The molecule has 2 rings (SSSR count). The number of nitrogens with two attached hydrogens (primary N) is 1. The van der Waals surface area contributed by atoms with Crippen LogP contribution in [-0.2, 0) is 10.3 Å². The molecule has 0 aliphatic heterocycles. The molecule has 7 heteroatoms. The van der Waals surface area contributed by atoms with Crippen molar-refractivity contribution in [2.45, 2.75) is 0 Å². The summed E-state index contributed by atoms with van der Waals surface area (Å²) in [5.74, 6) is 4.16. The van der Waals surface area contributed by atoms with Gasteiger partial charge in [-0.1, -0.05) is 24.3 Å². The summed E-state index contributed by atoms with van der Waals surface area (Å²) in [4.78, 5) is 1.02. The molecular formula is C6H7N2NaO3S. The summed E-state index contributed by atoms with van der Waals surface area (Å²) in [6.07, 6.45) is 0. The second kappa shape index (κ2) is 5.06. The van der Waals surface area contributed by atoms with Crippen LogP contribution in [0.4, 0.5) is 0 Å². The molecule has 0 aromatic carbocycles. The van der Waals surface area contributed by atoms with Gasteiger partial charge < -0.3 is 4.55 Å². The van der Waals surface area contributed by atoms with Crippen LogP contribution in [0, 0.1) is 0 Å². The summed E-state index contributed by atoms with van der Waals surface area (Å²) >= 11 is 0. The van der Waals surface area contributed by atoms with Crippen molar-refractivity contribution in [1.29, 1.82) is 0 Å². The van der Waals surface area contributed by atoms with Crippen molar-refractivity contribution in [2.75, 3.05) is 0 Å². The Labute approximate surface area is 98.5 Å². The average Bonchev–Trinajstić information content (AvgIpc) is 1.96. The first-order chi connectivity index (χ1) is 5.53. The largest absolute Gasteiger partial charge is 1.00 e. The number of rotatable bonds is 1. The van der Waals surface area contributed by atoms with Gasteiger partial charge in [0.15, 0.2) is 10.3 Å². The molecule has 0 aromatic rings. The van der Waals surface area contributed by atoms with E-state index in [9.17, 15) is 13.0 Å². The number of hydrogen-bond acceptors (Lipinski definition) is 4. The third-order valence-corrected chi connectivity index (χ3v) is 1.65. The van der Waals surface area contributed by atoms with Gasteiger partial charge in [0.2, 0.25) is 0 Å². The predicted molar refractivity (Wildman–Crippen MR) is 42.5 cm³/mol. The number of fused-ring (bicyclic) bond motifs is 1. The monoisotopic (exact) mass is 210 g/mol. The zero-order valence-corrected chi connectivity index (χ0v) is 9.84.